The predicted octanol–water partition coefficient (Wildman–Crippen LogP) is 0.199. The molecule has 0 unspecified atom stereocenters. The number of aryl methyl sites for hydroxylation is 1. The average Bonchev–Trinajstić information content (AvgIpc) is 3.27. The summed E-state index contributed by atoms with van der Waals surface area (Å²) in [5.41, 5.74) is 0.973. The Balaban J connectivity index is 0.000000618. The number of rotatable bonds is 4. The van der Waals surface area contributed by atoms with Crippen molar-refractivity contribution in [1.82, 2.24) is 19.3 Å². The van der Waals surface area contributed by atoms with Crippen LogP contribution in [0.1, 0.15) is 35.7 Å². The molecule has 4 heterocycles. The van der Waals surface area contributed by atoms with Gasteiger partial charge >= 0.3 is 0 Å². The second kappa shape index (κ2) is 13.8. The van der Waals surface area contributed by atoms with Crippen molar-refractivity contribution in [3.05, 3.63) is 33.7 Å². The van der Waals surface area contributed by atoms with Crippen LogP contribution in [0.4, 0.5) is 0 Å². The summed E-state index contributed by atoms with van der Waals surface area (Å²) in [6.07, 6.45) is 4.18. The molecule has 3 saturated heterocycles. The molecule has 11 nitrogen and oxygen atoms in total. The highest BCUT2D eigenvalue weighted by atomic mass is 16.5. The van der Waals surface area contributed by atoms with Gasteiger partial charge in [0.05, 0.1) is 13.2 Å². The van der Waals surface area contributed by atoms with E-state index in [4.69, 9.17) is 24.5 Å². The number of morpholine rings is 1. The quantitative estimate of drug-likeness (QED) is 0.580. The minimum absolute atomic E-state index is 0.0951. The lowest BCUT2D eigenvalue weighted by Crippen LogP contribution is -2.57. The van der Waals surface area contributed by atoms with Gasteiger partial charge in [0.2, 0.25) is 0 Å². The van der Waals surface area contributed by atoms with Gasteiger partial charge in [-0.3, -0.25) is 29.0 Å². The molecule has 2 atom stereocenters. The number of hydrogen-bond acceptors (Lipinski definition) is 7. The zero-order valence-corrected chi connectivity index (χ0v) is 20.0. The smallest absolute Gasteiger partial charge is 0.290 e. The van der Waals surface area contributed by atoms with E-state index in [-0.39, 0.29) is 30.5 Å². The molecule has 0 radical (unpaired) electrons. The molecule has 0 saturated carbocycles. The Bertz CT molecular complexity index is 863. The summed E-state index contributed by atoms with van der Waals surface area (Å²) in [5.74, 6) is -0.0951. The monoisotopic (exact) mass is 480 g/mol. The molecule has 0 spiro atoms. The van der Waals surface area contributed by atoms with E-state index in [0.29, 0.717) is 18.2 Å². The number of amides is 1. The highest BCUT2D eigenvalue weighted by molar-refractivity contribution is 5.95. The number of carbonyl (C=O) groups is 3. The maximum atomic E-state index is 13.4. The van der Waals surface area contributed by atoms with Gasteiger partial charge in [-0.2, -0.15) is 0 Å². The third-order valence-electron chi connectivity index (χ3n) is 6.55. The lowest BCUT2D eigenvalue weighted by atomic mass is 10.0. The van der Waals surface area contributed by atoms with E-state index < -0.39 is 0 Å². The van der Waals surface area contributed by atoms with Crippen LogP contribution >= 0.6 is 0 Å². The first-order valence-electron chi connectivity index (χ1n) is 11.6. The number of pyridine rings is 1. The standard InChI is InChI=1S/C21H32N4O3.2CH2O2/c1-16-5-7-23(9-8-22-10-12-28-13-11-22)20(26)19(16)21(27)25-15-18-4-3-6-24(18)14-17(25)2;2*2-1-3/h5,7,17-18H,3-4,6,8-15H2,1-2H3;2*1H,(H,2,3)/t17-,18+;;/m1../s1. The number of piperazine rings is 1. The van der Waals surface area contributed by atoms with E-state index in [9.17, 15) is 9.59 Å². The molecule has 0 bridgehead atoms. The molecule has 3 aliphatic rings. The summed E-state index contributed by atoms with van der Waals surface area (Å²) in [7, 11) is 0. The second-order valence-electron chi connectivity index (χ2n) is 8.63. The van der Waals surface area contributed by atoms with Gasteiger partial charge in [-0.05, 0) is 44.9 Å². The molecular formula is C23H36N4O7. The molecule has 2 N–H and O–H groups in total. The summed E-state index contributed by atoms with van der Waals surface area (Å²) in [6.45, 7) is 11.0. The number of carbonyl (C=O) groups excluding carboxylic acids is 1. The largest absolute Gasteiger partial charge is 0.483 e. The van der Waals surface area contributed by atoms with E-state index in [1.54, 1.807) is 4.57 Å². The molecule has 0 aliphatic carbocycles. The molecule has 3 aliphatic heterocycles. The summed E-state index contributed by atoms with van der Waals surface area (Å²) in [6, 6.07) is 2.50. The Hall–Kier alpha value is -2.76. The van der Waals surface area contributed by atoms with Gasteiger partial charge in [0, 0.05) is 57.5 Å². The molecule has 190 valence electrons. The number of nitrogens with zero attached hydrogens (tertiary/aromatic N) is 4. The van der Waals surface area contributed by atoms with Gasteiger partial charge in [0.15, 0.2) is 0 Å². The van der Waals surface area contributed by atoms with E-state index in [0.717, 1.165) is 64.5 Å². The maximum absolute atomic E-state index is 13.4. The highest BCUT2D eigenvalue weighted by Gasteiger charge is 2.37. The van der Waals surface area contributed by atoms with Crippen molar-refractivity contribution < 1.29 is 29.3 Å². The fourth-order valence-electron chi connectivity index (χ4n) is 4.79. The summed E-state index contributed by atoms with van der Waals surface area (Å²) in [4.78, 5) is 50.0. The van der Waals surface area contributed by atoms with Crippen molar-refractivity contribution in [1.29, 1.82) is 0 Å². The molecule has 3 fully saturated rings. The van der Waals surface area contributed by atoms with Gasteiger partial charge in [-0.1, -0.05) is 0 Å². The van der Waals surface area contributed by atoms with Crippen molar-refractivity contribution >= 4 is 18.9 Å². The van der Waals surface area contributed by atoms with Crippen molar-refractivity contribution in [3.8, 4) is 0 Å². The van der Waals surface area contributed by atoms with Crippen LogP contribution in [-0.4, -0.2) is 113 Å². The maximum Gasteiger partial charge on any atom is 0.290 e. The summed E-state index contributed by atoms with van der Waals surface area (Å²) in [5, 5.41) is 13.8. The highest BCUT2D eigenvalue weighted by Crippen LogP contribution is 2.25. The fourth-order valence-corrected chi connectivity index (χ4v) is 4.79. The zero-order chi connectivity index (χ0) is 25.1. The molecule has 1 amide bonds. The third kappa shape index (κ3) is 7.12. The van der Waals surface area contributed by atoms with Crippen LogP contribution in [0.15, 0.2) is 17.1 Å². The number of aromatic nitrogens is 1. The van der Waals surface area contributed by atoms with Gasteiger partial charge < -0.3 is 24.4 Å². The molecule has 0 aromatic carbocycles. The molecular weight excluding hydrogens is 444 g/mol. The SMILES string of the molecule is Cc1ccn(CCN2CCOCC2)c(=O)c1C(=O)N1C[C@@H]2CCCN2C[C@H]1C.O=CO.O=CO. The van der Waals surface area contributed by atoms with Gasteiger partial charge in [-0.25, -0.2) is 0 Å². The van der Waals surface area contributed by atoms with Gasteiger partial charge in [-0.15, -0.1) is 0 Å². The molecule has 1 aromatic rings. The minimum atomic E-state index is -0.250. The fraction of sp³-hybridized carbons (Fsp3) is 0.652. The van der Waals surface area contributed by atoms with Crippen molar-refractivity contribution in [2.75, 3.05) is 52.5 Å². The third-order valence-corrected chi connectivity index (χ3v) is 6.55. The first kappa shape index (κ1) is 27.5. The Kier molecular flexibility index (Phi) is 11.2. The van der Waals surface area contributed by atoms with Crippen LogP contribution in [0.3, 0.4) is 0 Å². The van der Waals surface area contributed by atoms with E-state index in [2.05, 4.69) is 16.7 Å². The van der Waals surface area contributed by atoms with Crippen molar-refractivity contribution in [2.24, 2.45) is 0 Å². The Morgan fingerprint density at radius 1 is 1.12 bits per heavy atom. The van der Waals surface area contributed by atoms with Crippen LogP contribution in [0.5, 0.6) is 0 Å². The normalized spacial score (nSPS) is 22.5. The predicted molar refractivity (Wildman–Crippen MR) is 125 cm³/mol. The first-order chi connectivity index (χ1) is 16.4. The first-order valence-corrected chi connectivity index (χ1v) is 11.6. The Morgan fingerprint density at radius 3 is 2.41 bits per heavy atom. The second-order valence-corrected chi connectivity index (χ2v) is 8.63. The molecule has 11 heteroatoms. The molecule has 4 rings (SSSR count). The van der Waals surface area contributed by atoms with Crippen LogP contribution in [-0.2, 0) is 20.9 Å². The number of ether oxygens (including phenoxy) is 1. The van der Waals surface area contributed by atoms with E-state index in [1.165, 1.54) is 6.42 Å². The Morgan fingerprint density at radius 2 is 1.76 bits per heavy atom. The zero-order valence-electron chi connectivity index (χ0n) is 20.0. The van der Waals surface area contributed by atoms with E-state index >= 15 is 0 Å². The van der Waals surface area contributed by atoms with Crippen LogP contribution < -0.4 is 5.56 Å². The number of fused-ring (bicyclic) bond motifs is 1. The van der Waals surface area contributed by atoms with Crippen LogP contribution in [0.25, 0.3) is 0 Å². The lowest BCUT2D eigenvalue weighted by molar-refractivity contribution is -0.123. The summed E-state index contributed by atoms with van der Waals surface area (Å²) < 4.78 is 7.09. The van der Waals surface area contributed by atoms with Crippen LogP contribution in [0, 0.1) is 6.92 Å². The molecule has 1 aromatic heterocycles. The van der Waals surface area contributed by atoms with E-state index in [1.807, 2.05) is 24.1 Å². The number of carboxylic acid groups (broad SMARTS) is 2. The van der Waals surface area contributed by atoms with Gasteiger partial charge in [0.25, 0.3) is 24.4 Å². The molecule has 34 heavy (non-hydrogen) atoms. The van der Waals surface area contributed by atoms with Crippen molar-refractivity contribution in [3.63, 3.8) is 0 Å². The Labute approximate surface area is 199 Å². The topological polar surface area (TPSA) is 133 Å². The van der Waals surface area contributed by atoms with Crippen LogP contribution in [0.2, 0.25) is 0 Å². The summed E-state index contributed by atoms with van der Waals surface area (Å²) >= 11 is 0. The van der Waals surface area contributed by atoms with Gasteiger partial charge in [0.1, 0.15) is 5.56 Å². The number of hydrogen-bond donors (Lipinski definition) is 2. The van der Waals surface area contributed by atoms with Crippen molar-refractivity contribution in [2.45, 2.75) is 45.3 Å². The minimum Gasteiger partial charge on any atom is -0.483 e. The lowest BCUT2D eigenvalue weighted by Gasteiger charge is -2.42. The average molecular weight is 481 g/mol.